The van der Waals surface area contributed by atoms with Crippen LogP contribution in [0.25, 0.3) is 16.2 Å². The summed E-state index contributed by atoms with van der Waals surface area (Å²) in [6.45, 7) is 7.19. The van der Waals surface area contributed by atoms with Crippen molar-refractivity contribution in [3.63, 3.8) is 0 Å². The number of sulfonamides is 1. The minimum Gasteiger partial charge on any atom is -0.393 e. The van der Waals surface area contributed by atoms with Crippen LogP contribution in [0.1, 0.15) is 50.1 Å². The second kappa shape index (κ2) is 9.41. The van der Waals surface area contributed by atoms with Crippen LogP contribution in [0.5, 0.6) is 0 Å². The number of rotatable bonds is 7. The smallest absolute Gasteiger partial charge is 0.242 e. The van der Waals surface area contributed by atoms with Gasteiger partial charge in [-0.05, 0) is 58.6 Å². The standard InChI is InChI=1S/C24H30ClN3O5S2/c1-14-22(28-11-21(34-23(28)26-14)24(2,3)33-18-12-32-13-18)15-4-9-19(25)20(10-15)35(30,31)27-16-5-7-17(29)8-6-16/h4,9-11,16-18,27,29H,5-8,12-13H2,1-3H3. The van der Waals surface area contributed by atoms with Gasteiger partial charge in [0.2, 0.25) is 10.0 Å². The maximum atomic E-state index is 13.2. The maximum absolute atomic E-state index is 13.2. The van der Waals surface area contributed by atoms with Crippen molar-refractivity contribution in [1.82, 2.24) is 14.1 Å². The lowest BCUT2D eigenvalue weighted by atomic mass is 9.94. The molecule has 0 atom stereocenters. The number of ether oxygens (including phenoxy) is 2. The number of imidazole rings is 1. The SMILES string of the molecule is Cc1nc2sc(C(C)(C)OC3COC3)cn2c1-c1ccc(Cl)c(S(=O)(=O)NC2CCC(O)CC2)c1. The molecular weight excluding hydrogens is 510 g/mol. The van der Waals surface area contributed by atoms with Gasteiger partial charge in [0.15, 0.2) is 4.96 Å². The van der Waals surface area contributed by atoms with Crippen molar-refractivity contribution in [3.8, 4) is 11.3 Å². The van der Waals surface area contributed by atoms with Gasteiger partial charge in [-0.2, -0.15) is 0 Å². The van der Waals surface area contributed by atoms with E-state index in [0.29, 0.717) is 44.5 Å². The van der Waals surface area contributed by atoms with E-state index in [1.165, 1.54) is 0 Å². The Bertz CT molecular complexity index is 1340. The summed E-state index contributed by atoms with van der Waals surface area (Å²) >= 11 is 7.92. The first kappa shape index (κ1) is 25.1. The second-order valence-electron chi connectivity index (χ2n) is 9.85. The van der Waals surface area contributed by atoms with E-state index in [2.05, 4.69) is 4.72 Å². The summed E-state index contributed by atoms with van der Waals surface area (Å²) in [5.41, 5.74) is 1.83. The van der Waals surface area contributed by atoms with Gasteiger partial charge in [0, 0.05) is 17.8 Å². The summed E-state index contributed by atoms with van der Waals surface area (Å²) in [6.07, 6.45) is 4.12. The number of hydrogen-bond acceptors (Lipinski definition) is 7. The molecule has 1 aliphatic carbocycles. The number of fused-ring (bicyclic) bond motifs is 1. The number of hydrogen-bond donors (Lipinski definition) is 2. The predicted molar refractivity (Wildman–Crippen MR) is 136 cm³/mol. The molecule has 0 unspecified atom stereocenters. The molecule has 0 bridgehead atoms. The molecule has 0 radical (unpaired) electrons. The van der Waals surface area contributed by atoms with Gasteiger partial charge in [0.05, 0.1) is 46.2 Å². The van der Waals surface area contributed by atoms with E-state index in [0.717, 1.165) is 21.2 Å². The summed E-state index contributed by atoms with van der Waals surface area (Å²) in [4.78, 5) is 6.61. The first-order valence-corrected chi connectivity index (χ1v) is 14.5. The molecule has 0 amide bonds. The lowest BCUT2D eigenvalue weighted by Crippen LogP contribution is -2.41. The van der Waals surface area contributed by atoms with Crippen LogP contribution >= 0.6 is 22.9 Å². The average molecular weight is 540 g/mol. The molecule has 3 heterocycles. The summed E-state index contributed by atoms with van der Waals surface area (Å²) in [5.74, 6) is 0. The van der Waals surface area contributed by atoms with Crippen LogP contribution in [0, 0.1) is 6.92 Å². The minimum absolute atomic E-state index is 0.0428. The number of aliphatic hydroxyl groups excluding tert-OH is 1. The quantitative estimate of drug-likeness (QED) is 0.465. The van der Waals surface area contributed by atoms with E-state index < -0.39 is 15.6 Å². The number of aryl methyl sites for hydroxylation is 1. The van der Waals surface area contributed by atoms with Crippen LogP contribution in [-0.4, -0.2) is 54.4 Å². The van der Waals surface area contributed by atoms with Crippen molar-refractivity contribution in [1.29, 1.82) is 0 Å². The molecule has 3 aromatic rings. The highest BCUT2D eigenvalue weighted by Gasteiger charge is 2.33. The number of nitrogens with zero attached hydrogens (tertiary/aromatic N) is 2. The van der Waals surface area contributed by atoms with Gasteiger partial charge in [-0.3, -0.25) is 4.40 Å². The molecule has 2 N–H and O–H groups in total. The van der Waals surface area contributed by atoms with Gasteiger partial charge >= 0.3 is 0 Å². The summed E-state index contributed by atoms with van der Waals surface area (Å²) in [5, 5.41) is 9.90. The van der Waals surface area contributed by atoms with Gasteiger partial charge in [-0.25, -0.2) is 18.1 Å². The number of thiazole rings is 1. The third-order valence-electron chi connectivity index (χ3n) is 6.68. The molecule has 1 saturated heterocycles. The van der Waals surface area contributed by atoms with Gasteiger partial charge in [-0.15, -0.1) is 0 Å². The van der Waals surface area contributed by atoms with Crippen molar-refractivity contribution < 1.29 is 23.0 Å². The molecular formula is C24H30ClN3O5S2. The number of nitrogens with one attached hydrogen (secondary N) is 1. The first-order valence-electron chi connectivity index (χ1n) is 11.8. The van der Waals surface area contributed by atoms with Gasteiger partial charge in [0.1, 0.15) is 11.0 Å². The lowest BCUT2D eigenvalue weighted by molar-refractivity contribution is -0.184. The van der Waals surface area contributed by atoms with Crippen LogP contribution in [0.3, 0.4) is 0 Å². The monoisotopic (exact) mass is 539 g/mol. The van der Waals surface area contributed by atoms with Crippen LogP contribution in [-0.2, 0) is 25.1 Å². The molecule has 1 aliphatic heterocycles. The van der Waals surface area contributed by atoms with E-state index in [1.54, 1.807) is 23.5 Å². The molecule has 190 valence electrons. The molecule has 11 heteroatoms. The highest BCUT2D eigenvalue weighted by molar-refractivity contribution is 7.89. The van der Waals surface area contributed by atoms with Crippen LogP contribution < -0.4 is 4.72 Å². The van der Waals surface area contributed by atoms with Crippen LogP contribution in [0.15, 0.2) is 29.3 Å². The predicted octanol–water partition coefficient (Wildman–Crippen LogP) is 4.26. The highest BCUT2D eigenvalue weighted by Crippen LogP contribution is 2.38. The van der Waals surface area contributed by atoms with Crippen molar-refractivity contribution in [2.45, 2.75) is 75.2 Å². The molecule has 8 nitrogen and oxygen atoms in total. The topological polar surface area (TPSA) is 102 Å². The van der Waals surface area contributed by atoms with E-state index in [1.807, 2.05) is 37.4 Å². The Morgan fingerprint density at radius 1 is 1.26 bits per heavy atom. The number of aliphatic hydroxyl groups is 1. The van der Waals surface area contributed by atoms with E-state index >= 15 is 0 Å². The summed E-state index contributed by atoms with van der Waals surface area (Å²) in [7, 11) is -3.84. The first-order chi connectivity index (χ1) is 16.5. The zero-order valence-electron chi connectivity index (χ0n) is 20.0. The molecule has 2 aromatic heterocycles. The molecule has 0 spiro atoms. The molecule has 35 heavy (non-hydrogen) atoms. The van der Waals surface area contributed by atoms with E-state index in [-0.39, 0.29) is 28.2 Å². The molecule has 1 saturated carbocycles. The number of halogens is 1. The second-order valence-corrected chi connectivity index (χ2v) is 13.0. The fourth-order valence-electron chi connectivity index (χ4n) is 4.67. The Morgan fingerprint density at radius 2 is 1.97 bits per heavy atom. The summed E-state index contributed by atoms with van der Waals surface area (Å²) in [6, 6.07) is 4.84. The molecule has 5 rings (SSSR count). The van der Waals surface area contributed by atoms with E-state index in [4.69, 9.17) is 26.1 Å². The lowest BCUT2D eigenvalue weighted by Gasteiger charge is -2.34. The third kappa shape index (κ3) is 5.02. The molecule has 2 fully saturated rings. The number of benzene rings is 1. The zero-order chi connectivity index (χ0) is 25.0. The Kier molecular flexibility index (Phi) is 6.75. The summed E-state index contributed by atoms with van der Waals surface area (Å²) < 4.78 is 42.7. The van der Waals surface area contributed by atoms with Gasteiger partial charge in [0.25, 0.3) is 0 Å². The Labute approximate surface area is 214 Å². The Hall–Kier alpha value is -1.53. The largest absolute Gasteiger partial charge is 0.393 e. The fraction of sp³-hybridized carbons (Fsp3) is 0.542. The Balaban J connectivity index is 1.47. The fourth-order valence-corrected chi connectivity index (χ4v) is 7.57. The minimum atomic E-state index is -3.84. The molecule has 2 aliphatic rings. The molecule has 1 aromatic carbocycles. The highest BCUT2D eigenvalue weighted by atomic mass is 35.5. The van der Waals surface area contributed by atoms with Gasteiger partial charge in [-0.1, -0.05) is 29.0 Å². The van der Waals surface area contributed by atoms with E-state index in [9.17, 15) is 13.5 Å². The van der Waals surface area contributed by atoms with Crippen molar-refractivity contribution in [2.24, 2.45) is 0 Å². The zero-order valence-corrected chi connectivity index (χ0v) is 22.3. The maximum Gasteiger partial charge on any atom is 0.242 e. The van der Waals surface area contributed by atoms with Gasteiger partial charge < -0.3 is 14.6 Å². The van der Waals surface area contributed by atoms with Crippen molar-refractivity contribution in [3.05, 3.63) is 40.0 Å². The number of aromatic nitrogens is 2. The Morgan fingerprint density at radius 3 is 2.63 bits per heavy atom. The van der Waals surface area contributed by atoms with Crippen LogP contribution in [0.4, 0.5) is 0 Å². The van der Waals surface area contributed by atoms with Crippen molar-refractivity contribution >= 4 is 37.9 Å². The third-order valence-corrected chi connectivity index (χ3v) is 9.97. The van der Waals surface area contributed by atoms with Crippen LogP contribution in [0.2, 0.25) is 5.02 Å². The average Bonchev–Trinajstić information content (AvgIpc) is 3.30. The normalized spacial score (nSPS) is 22.0. The van der Waals surface area contributed by atoms with Crippen molar-refractivity contribution in [2.75, 3.05) is 13.2 Å².